The summed E-state index contributed by atoms with van der Waals surface area (Å²) in [5.74, 6) is -2.93. The quantitative estimate of drug-likeness (QED) is 0.729. The Hall–Kier alpha value is -2.74. The number of thiazole rings is 1. The largest absolute Gasteiger partial charge is 0.481 e. The number of hydrogen-bond acceptors (Lipinski definition) is 5. The lowest BCUT2D eigenvalue weighted by Crippen LogP contribution is -2.18. The minimum absolute atomic E-state index is 0.324. The fourth-order valence-corrected chi connectivity index (χ4v) is 4.05. The second kappa shape index (κ2) is 6.77. The van der Waals surface area contributed by atoms with Crippen LogP contribution in [0.2, 0.25) is 0 Å². The molecular weight excluding hydrogens is 366 g/mol. The molecule has 0 radical (unpaired) electrons. The van der Waals surface area contributed by atoms with E-state index in [4.69, 9.17) is 0 Å². The Kier molecular flexibility index (Phi) is 4.77. The van der Waals surface area contributed by atoms with Crippen LogP contribution in [-0.2, 0) is 9.59 Å². The summed E-state index contributed by atoms with van der Waals surface area (Å²) >= 11 is 1.40. The number of carboxylic acid groups (broad SMARTS) is 1. The molecule has 1 aliphatic rings. The molecule has 0 saturated heterocycles. The molecule has 0 aliphatic heterocycles. The summed E-state index contributed by atoms with van der Waals surface area (Å²) in [7, 11) is 0. The number of nitrogens with one attached hydrogen (secondary N) is 2. The molecule has 27 heavy (non-hydrogen) atoms. The summed E-state index contributed by atoms with van der Waals surface area (Å²) in [4.78, 5) is 41.4. The molecular formula is C19H21N3O4S. The molecule has 3 rings (SSSR count). The number of amides is 2. The molecule has 0 bridgehead atoms. The van der Waals surface area contributed by atoms with E-state index in [0.29, 0.717) is 16.4 Å². The van der Waals surface area contributed by atoms with Crippen LogP contribution in [0, 0.1) is 31.1 Å². The SMILES string of the molecule is Cc1nc(NC(=O)c2cccc(NC(=O)C3C(C(=O)O)C3(C)C)c2)sc1C. The average molecular weight is 387 g/mol. The van der Waals surface area contributed by atoms with Gasteiger partial charge in [-0.25, -0.2) is 4.98 Å². The van der Waals surface area contributed by atoms with Crippen LogP contribution in [0.1, 0.15) is 34.8 Å². The van der Waals surface area contributed by atoms with Gasteiger partial charge in [-0.05, 0) is 37.5 Å². The second-order valence-corrected chi connectivity index (χ2v) is 8.50. The molecule has 1 saturated carbocycles. The Morgan fingerprint density at radius 1 is 1.15 bits per heavy atom. The highest BCUT2D eigenvalue weighted by Gasteiger charge is 2.65. The molecule has 1 aliphatic carbocycles. The van der Waals surface area contributed by atoms with E-state index >= 15 is 0 Å². The van der Waals surface area contributed by atoms with E-state index in [2.05, 4.69) is 15.6 Å². The van der Waals surface area contributed by atoms with Crippen LogP contribution in [-0.4, -0.2) is 27.9 Å². The van der Waals surface area contributed by atoms with Crippen molar-refractivity contribution in [2.24, 2.45) is 17.3 Å². The number of nitrogens with zero attached hydrogens (tertiary/aromatic N) is 1. The number of hydrogen-bond donors (Lipinski definition) is 3. The third-order valence-corrected chi connectivity index (χ3v) is 6.01. The lowest BCUT2D eigenvalue weighted by molar-refractivity contribution is -0.140. The highest BCUT2D eigenvalue weighted by atomic mass is 32.1. The maximum Gasteiger partial charge on any atom is 0.307 e. The molecule has 7 nitrogen and oxygen atoms in total. The minimum Gasteiger partial charge on any atom is -0.481 e. The predicted molar refractivity (Wildman–Crippen MR) is 103 cm³/mol. The molecule has 1 aromatic heterocycles. The van der Waals surface area contributed by atoms with Crippen molar-refractivity contribution in [2.45, 2.75) is 27.7 Å². The molecule has 2 atom stereocenters. The molecule has 1 aromatic carbocycles. The Morgan fingerprint density at radius 3 is 2.41 bits per heavy atom. The van der Waals surface area contributed by atoms with E-state index in [1.165, 1.54) is 11.3 Å². The zero-order chi connectivity index (χ0) is 19.9. The molecule has 2 aromatic rings. The Balaban J connectivity index is 1.69. The van der Waals surface area contributed by atoms with Crippen molar-refractivity contribution < 1.29 is 19.5 Å². The number of carbonyl (C=O) groups excluding carboxylic acids is 2. The molecule has 142 valence electrons. The third kappa shape index (κ3) is 3.71. The Bertz CT molecular complexity index is 915. The monoisotopic (exact) mass is 387 g/mol. The first-order valence-electron chi connectivity index (χ1n) is 8.50. The van der Waals surface area contributed by atoms with Crippen molar-refractivity contribution in [2.75, 3.05) is 10.6 Å². The van der Waals surface area contributed by atoms with Crippen LogP contribution in [0.5, 0.6) is 0 Å². The molecule has 2 amide bonds. The molecule has 8 heteroatoms. The van der Waals surface area contributed by atoms with Gasteiger partial charge in [-0.1, -0.05) is 19.9 Å². The maximum absolute atomic E-state index is 12.4. The van der Waals surface area contributed by atoms with E-state index in [0.717, 1.165) is 10.6 Å². The van der Waals surface area contributed by atoms with Crippen molar-refractivity contribution >= 4 is 39.9 Å². The molecule has 3 N–H and O–H groups in total. The standard InChI is InChI=1S/C19H21N3O4S/c1-9-10(2)27-18(20-9)22-15(23)11-6-5-7-12(8-11)21-16(24)13-14(17(25)26)19(13,3)4/h5-8,13-14H,1-4H3,(H,21,24)(H,25,26)(H,20,22,23). The lowest BCUT2D eigenvalue weighted by Gasteiger charge is -2.08. The zero-order valence-electron chi connectivity index (χ0n) is 15.5. The van der Waals surface area contributed by atoms with Gasteiger partial charge in [0.25, 0.3) is 5.91 Å². The van der Waals surface area contributed by atoms with E-state index in [1.54, 1.807) is 38.1 Å². The first-order valence-corrected chi connectivity index (χ1v) is 9.32. The lowest BCUT2D eigenvalue weighted by atomic mass is 10.1. The van der Waals surface area contributed by atoms with Gasteiger partial charge in [0.05, 0.1) is 17.5 Å². The van der Waals surface area contributed by atoms with Crippen molar-refractivity contribution in [3.8, 4) is 0 Å². The average Bonchev–Trinajstić information content (AvgIpc) is 3.04. The van der Waals surface area contributed by atoms with Gasteiger partial charge in [-0.3, -0.25) is 19.7 Å². The summed E-state index contributed by atoms with van der Waals surface area (Å²) in [6.45, 7) is 7.33. The van der Waals surface area contributed by atoms with Crippen molar-refractivity contribution in [3.05, 3.63) is 40.4 Å². The number of benzene rings is 1. The molecule has 2 unspecified atom stereocenters. The second-order valence-electron chi connectivity index (χ2n) is 7.30. The summed E-state index contributed by atoms with van der Waals surface area (Å²) in [6, 6.07) is 6.53. The van der Waals surface area contributed by atoms with Crippen LogP contribution >= 0.6 is 11.3 Å². The Morgan fingerprint density at radius 2 is 1.85 bits per heavy atom. The number of rotatable bonds is 5. The number of carbonyl (C=O) groups is 3. The molecule has 1 fully saturated rings. The fourth-order valence-electron chi connectivity index (χ4n) is 3.24. The molecule has 1 heterocycles. The van der Waals surface area contributed by atoms with Crippen LogP contribution in [0.15, 0.2) is 24.3 Å². The van der Waals surface area contributed by atoms with E-state index in [9.17, 15) is 19.5 Å². The van der Waals surface area contributed by atoms with Gasteiger partial charge in [0.2, 0.25) is 5.91 Å². The van der Waals surface area contributed by atoms with Gasteiger partial charge in [-0.2, -0.15) is 0 Å². The van der Waals surface area contributed by atoms with E-state index < -0.39 is 23.2 Å². The predicted octanol–water partition coefficient (Wildman–Crippen LogP) is 3.31. The zero-order valence-corrected chi connectivity index (χ0v) is 16.3. The summed E-state index contributed by atoms with van der Waals surface area (Å²) < 4.78 is 0. The van der Waals surface area contributed by atoms with Gasteiger partial charge in [0.1, 0.15) is 0 Å². The van der Waals surface area contributed by atoms with Gasteiger partial charge in [0.15, 0.2) is 5.13 Å². The van der Waals surface area contributed by atoms with Crippen molar-refractivity contribution in [1.29, 1.82) is 0 Å². The fraction of sp³-hybridized carbons (Fsp3) is 0.368. The van der Waals surface area contributed by atoms with Crippen LogP contribution in [0.4, 0.5) is 10.8 Å². The minimum atomic E-state index is -0.970. The van der Waals surface area contributed by atoms with Crippen molar-refractivity contribution in [3.63, 3.8) is 0 Å². The highest BCUT2D eigenvalue weighted by molar-refractivity contribution is 7.15. The van der Waals surface area contributed by atoms with Gasteiger partial charge in [0, 0.05) is 16.1 Å². The topological polar surface area (TPSA) is 108 Å². The van der Waals surface area contributed by atoms with Crippen LogP contribution in [0.25, 0.3) is 0 Å². The highest BCUT2D eigenvalue weighted by Crippen LogP contribution is 2.58. The van der Waals surface area contributed by atoms with Gasteiger partial charge >= 0.3 is 5.97 Å². The van der Waals surface area contributed by atoms with Gasteiger partial charge < -0.3 is 10.4 Å². The summed E-state index contributed by atoms with van der Waals surface area (Å²) in [5.41, 5.74) is 1.12. The number of aliphatic carboxylic acids is 1. The first kappa shape index (κ1) is 19.0. The first-order chi connectivity index (χ1) is 12.6. The summed E-state index contributed by atoms with van der Waals surface area (Å²) in [6.07, 6.45) is 0. The third-order valence-electron chi connectivity index (χ3n) is 5.02. The van der Waals surface area contributed by atoms with Crippen molar-refractivity contribution in [1.82, 2.24) is 4.98 Å². The van der Waals surface area contributed by atoms with Gasteiger partial charge in [-0.15, -0.1) is 11.3 Å². The van der Waals surface area contributed by atoms with Crippen LogP contribution in [0.3, 0.4) is 0 Å². The maximum atomic E-state index is 12.4. The smallest absolute Gasteiger partial charge is 0.307 e. The van der Waals surface area contributed by atoms with E-state index in [-0.39, 0.29) is 11.8 Å². The Labute approximate surface area is 160 Å². The normalized spacial score (nSPS) is 20.0. The summed E-state index contributed by atoms with van der Waals surface area (Å²) in [5, 5.41) is 15.2. The molecule has 0 spiro atoms. The van der Waals surface area contributed by atoms with Crippen LogP contribution < -0.4 is 10.6 Å². The number of anilines is 2. The number of carboxylic acids is 1. The van der Waals surface area contributed by atoms with E-state index in [1.807, 2.05) is 13.8 Å². The number of aromatic nitrogens is 1. The number of aryl methyl sites for hydroxylation is 2.